The lowest BCUT2D eigenvalue weighted by Gasteiger charge is -2.13. The highest BCUT2D eigenvalue weighted by molar-refractivity contribution is 4.89. The van der Waals surface area contributed by atoms with Gasteiger partial charge < -0.3 is 14.8 Å². The Kier molecular flexibility index (Phi) is 5.68. The Balaban J connectivity index is 1.71. The van der Waals surface area contributed by atoms with E-state index in [1.54, 1.807) is 11.8 Å². The maximum Gasteiger partial charge on any atom is 0.168 e. The summed E-state index contributed by atoms with van der Waals surface area (Å²) in [6.45, 7) is 5.74. The van der Waals surface area contributed by atoms with Crippen molar-refractivity contribution in [1.82, 2.24) is 25.5 Å². The van der Waals surface area contributed by atoms with Crippen molar-refractivity contribution in [2.75, 3.05) is 33.5 Å². The average Bonchev–Trinajstić information content (AvgIpc) is 3.11. The van der Waals surface area contributed by atoms with Gasteiger partial charge in [0.25, 0.3) is 0 Å². The first-order valence-electron chi connectivity index (χ1n) is 6.87. The Hall–Kier alpha value is -1.05. The highest BCUT2D eigenvalue weighted by atomic mass is 16.5. The molecule has 2 rings (SSSR count). The van der Waals surface area contributed by atoms with Crippen LogP contribution in [0, 0.1) is 5.92 Å². The molecule has 1 aliphatic carbocycles. The summed E-state index contributed by atoms with van der Waals surface area (Å²) in [6.07, 6.45) is 2.63. The minimum Gasteiger partial charge on any atom is -0.383 e. The quantitative estimate of drug-likeness (QED) is 0.620. The van der Waals surface area contributed by atoms with Gasteiger partial charge in [-0.3, -0.25) is 0 Å². The molecule has 19 heavy (non-hydrogen) atoms. The number of rotatable bonds is 10. The number of nitrogens with one attached hydrogen (secondary N) is 1. The fourth-order valence-electron chi connectivity index (χ4n) is 1.84. The molecule has 7 heteroatoms. The van der Waals surface area contributed by atoms with Gasteiger partial charge in [0.15, 0.2) is 5.82 Å². The third-order valence-corrected chi connectivity index (χ3v) is 3.20. The molecule has 7 nitrogen and oxygen atoms in total. The van der Waals surface area contributed by atoms with E-state index in [4.69, 9.17) is 9.47 Å². The molecule has 1 atom stereocenters. The van der Waals surface area contributed by atoms with Crippen LogP contribution in [0.3, 0.4) is 0 Å². The molecule has 1 unspecified atom stereocenters. The second-order valence-corrected chi connectivity index (χ2v) is 4.95. The lowest BCUT2D eigenvalue weighted by atomic mass is 10.3. The Morgan fingerprint density at radius 2 is 2.26 bits per heavy atom. The molecule has 1 aromatic rings. The fraction of sp³-hybridized carbons (Fsp3) is 0.917. The summed E-state index contributed by atoms with van der Waals surface area (Å²) in [5.74, 6) is 1.63. The summed E-state index contributed by atoms with van der Waals surface area (Å²) >= 11 is 0. The third-order valence-electron chi connectivity index (χ3n) is 3.20. The predicted molar refractivity (Wildman–Crippen MR) is 69.7 cm³/mol. The van der Waals surface area contributed by atoms with Crippen LogP contribution in [0.4, 0.5) is 0 Å². The Bertz CT molecular complexity index is 367. The normalized spacial score (nSPS) is 16.7. The zero-order valence-corrected chi connectivity index (χ0v) is 11.7. The van der Waals surface area contributed by atoms with E-state index in [2.05, 4.69) is 20.8 Å². The monoisotopic (exact) mass is 269 g/mol. The molecule has 0 aliphatic heterocycles. The van der Waals surface area contributed by atoms with E-state index in [1.165, 1.54) is 12.8 Å². The van der Waals surface area contributed by atoms with Crippen molar-refractivity contribution in [3.05, 3.63) is 5.82 Å². The van der Waals surface area contributed by atoms with Crippen LogP contribution in [0.15, 0.2) is 0 Å². The smallest absolute Gasteiger partial charge is 0.168 e. The highest BCUT2D eigenvalue weighted by Gasteiger charge is 2.21. The zero-order chi connectivity index (χ0) is 13.5. The first-order valence-corrected chi connectivity index (χ1v) is 6.87. The van der Waals surface area contributed by atoms with Crippen LogP contribution in [-0.4, -0.2) is 53.7 Å². The summed E-state index contributed by atoms with van der Waals surface area (Å²) in [4.78, 5) is 0. The topological polar surface area (TPSA) is 74.1 Å². The van der Waals surface area contributed by atoms with E-state index in [0.29, 0.717) is 19.8 Å². The van der Waals surface area contributed by atoms with Crippen molar-refractivity contribution in [2.24, 2.45) is 5.92 Å². The van der Waals surface area contributed by atoms with Crippen LogP contribution in [0.2, 0.25) is 0 Å². The summed E-state index contributed by atoms with van der Waals surface area (Å²) in [5, 5.41) is 15.1. The minimum absolute atomic E-state index is 0.105. The number of hydrogen-bond donors (Lipinski definition) is 1. The molecule has 1 heterocycles. The van der Waals surface area contributed by atoms with Crippen molar-refractivity contribution in [2.45, 2.75) is 32.4 Å². The van der Waals surface area contributed by atoms with Gasteiger partial charge in [0.2, 0.25) is 0 Å². The first-order chi connectivity index (χ1) is 9.31. The molecule has 0 saturated heterocycles. The lowest BCUT2D eigenvalue weighted by Crippen LogP contribution is -2.26. The van der Waals surface area contributed by atoms with Gasteiger partial charge in [0, 0.05) is 20.3 Å². The molecule has 0 spiro atoms. The summed E-state index contributed by atoms with van der Waals surface area (Å²) in [5.41, 5.74) is 0. The number of tetrazole rings is 1. The molecule has 0 bridgehead atoms. The second-order valence-electron chi connectivity index (χ2n) is 4.95. The van der Waals surface area contributed by atoms with Crippen LogP contribution < -0.4 is 5.32 Å². The van der Waals surface area contributed by atoms with E-state index in [1.807, 2.05) is 6.92 Å². The van der Waals surface area contributed by atoms with Crippen LogP contribution >= 0.6 is 0 Å². The van der Waals surface area contributed by atoms with E-state index in [0.717, 1.165) is 24.9 Å². The number of nitrogens with zero attached hydrogens (tertiary/aromatic N) is 4. The lowest BCUT2D eigenvalue weighted by molar-refractivity contribution is 0.113. The number of hydrogen-bond acceptors (Lipinski definition) is 6. The van der Waals surface area contributed by atoms with Gasteiger partial charge in [0.05, 0.1) is 25.8 Å². The molecule has 1 saturated carbocycles. The molecule has 108 valence electrons. The van der Waals surface area contributed by atoms with Crippen molar-refractivity contribution in [3.8, 4) is 0 Å². The molecule has 0 radical (unpaired) electrons. The van der Waals surface area contributed by atoms with Crippen molar-refractivity contribution >= 4 is 0 Å². The van der Waals surface area contributed by atoms with E-state index in [-0.39, 0.29) is 6.04 Å². The van der Waals surface area contributed by atoms with Gasteiger partial charge in [-0.1, -0.05) is 0 Å². The number of aromatic nitrogens is 4. The van der Waals surface area contributed by atoms with Gasteiger partial charge in [-0.05, 0) is 36.1 Å². The van der Waals surface area contributed by atoms with E-state index < -0.39 is 0 Å². The van der Waals surface area contributed by atoms with E-state index >= 15 is 0 Å². The molecule has 0 amide bonds. The van der Waals surface area contributed by atoms with Crippen LogP contribution in [0.5, 0.6) is 0 Å². The largest absolute Gasteiger partial charge is 0.383 e. The fourth-order valence-corrected chi connectivity index (χ4v) is 1.84. The highest BCUT2D eigenvalue weighted by Crippen LogP contribution is 2.28. The predicted octanol–water partition coefficient (Wildman–Crippen LogP) is 0.397. The Morgan fingerprint density at radius 1 is 1.42 bits per heavy atom. The average molecular weight is 269 g/mol. The number of methoxy groups -OCH3 is 1. The maximum atomic E-state index is 5.61. The molecular weight excluding hydrogens is 246 g/mol. The SMILES string of the molecule is COCCNC(C)c1nnnn1CCOCC1CC1. The van der Waals surface area contributed by atoms with Gasteiger partial charge in [0.1, 0.15) is 0 Å². The number of ether oxygens (including phenoxy) is 2. The summed E-state index contributed by atoms with van der Waals surface area (Å²) < 4.78 is 12.4. The van der Waals surface area contributed by atoms with Crippen LogP contribution in [-0.2, 0) is 16.0 Å². The minimum atomic E-state index is 0.105. The maximum absolute atomic E-state index is 5.61. The van der Waals surface area contributed by atoms with Crippen molar-refractivity contribution in [1.29, 1.82) is 0 Å². The van der Waals surface area contributed by atoms with Gasteiger partial charge >= 0.3 is 0 Å². The molecule has 1 aliphatic rings. The van der Waals surface area contributed by atoms with Gasteiger partial charge in [-0.2, -0.15) is 0 Å². The standard InChI is InChI=1S/C12H23N5O2/c1-10(13-5-7-18-2)12-14-15-16-17(12)6-8-19-9-11-3-4-11/h10-11,13H,3-9H2,1-2H3. The van der Waals surface area contributed by atoms with Gasteiger partial charge in [-0.25, -0.2) is 4.68 Å². The Labute approximate surface area is 113 Å². The summed E-state index contributed by atoms with van der Waals surface area (Å²) in [7, 11) is 1.69. The van der Waals surface area contributed by atoms with Crippen LogP contribution in [0.25, 0.3) is 0 Å². The van der Waals surface area contributed by atoms with E-state index in [9.17, 15) is 0 Å². The molecular formula is C12H23N5O2. The molecule has 0 aromatic carbocycles. The zero-order valence-electron chi connectivity index (χ0n) is 11.7. The summed E-state index contributed by atoms with van der Waals surface area (Å²) in [6, 6.07) is 0.105. The van der Waals surface area contributed by atoms with Gasteiger partial charge in [-0.15, -0.1) is 5.10 Å². The second kappa shape index (κ2) is 7.52. The van der Waals surface area contributed by atoms with Crippen molar-refractivity contribution < 1.29 is 9.47 Å². The Morgan fingerprint density at radius 3 is 3.00 bits per heavy atom. The molecule has 1 N–H and O–H groups in total. The molecule has 1 fully saturated rings. The van der Waals surface area contributed by atoms with Crippen LogP contribution in [0.1, 0.15) is 31.6 Å². The molecule has 1 aromatic heterocycles. The third kappa shape index (κ3) is 4.85. The van der Waals surface area contributed by atoms with Crippen molar-refractivity contribution in [3.63, 3.8) is 0 Å². The first kappa shape index (κ1) is 14.4.